The maximum atomic E-state index is 11.8. The minimum atomic E-state index is -1.12. The van der Waals surface area contributed by atoms with Gasteiger partial charge in [-0.2, -0.15) is 0 Å². The first-order valence-corrected chi connectivity index (χ1v) is 5.71. The van der Waals surface area contributed by atoms with Gasteiger partial charge in [0.15, 0.2) is 6.04 Å². The molecule has 0 saturated heterocycles. The summed E-state index contributed by atoms with van der Waals surface area (Å²) in [4.78, 5) is 24.1. The molecule has 2 N–H and O–H groups in total. The van der Waals surface area contributed by atoms with Gasteiger partial charge < -0.3 is 10.0 Å². The van der Waals surface area contributed by atoms with E-state index in [4.69, 9.17) is 5.11 Å². The lowest BCUT2D eigenvalue weighted by molar-refractivity contribution is -0.147. The molecule has 1 atom stereocenters. The number of hydrogen-bond acceptors (Lipinski definition) is 3. The molecule has 1 fully saturated rings. The number of aliphatic carboxylic acids is 1. The molecule has 0 radical (unpaired) electrons. The number of carboxylic acids is 1. The van der Waals surface area contributed by atoms with Crippen LogP contribution >= 0.6 is 0 Å². The molecule has 5 heteroatoms. The van der Waals surface area contributed by atoms with E-state index in [1.165, 1.54) is 24.8 Å². The van der Waals surface area contributed by atoms with Gasteiger partial charge in [0.25, 0.3) is 5.91 Å². The molecule has 5 nitrogen and oxygen atoms in total. The van der Waals surface area contributed by atoms with Gasteiger partial charge >= 0.3 is 5.97 Å². The van der Waals surface area contributed by atoms with Gasteiger partial charge in [0.1, 0.15) is 0 Å². The van der Waals surface area contributed by atoms with Crippen molar-refractivity contribution < 1.29 is 14.7 Å². The molecule has 1 aliphatic rings. The number of hydrogen-bond donors (Lipinski definition) is 2. The molecule has 0 bridgehead atoms. The Morgan fingerprint density at radius 1 is 1.44 bits per heavy atom. The zero-order valence-corrected chi connectivity index (χ0v) is 9.90. The van der Waals surface area contributed by atoms with Crippen LogP contribution in [0.1, 0.15) is 25.7 Å². The van der Waals surface area contributed by atoms with Gasteiger partial charge in [-0.25, -0.2) is 4.79 Å². The smallest absolute Gasteiger partial charge is 0.330 e. The monoisotopic (exact) mass is 228 g/mol. The lowest BCUT2D eigenvalue weighted by Gasteiger charge is -2.23. The highest BCUT2D eigenvalue weighted by Gasteiger charge is 2.28. The lowest BCUT2D eigenvalue weighted by atomic mass is 10.1. The second-order valence-electron chi connectivity index (χ2n) is 4.43. The first kappa shape index (κ1) is 13.0. The first-order valence-electron chi connectivity index (χ1n) is 5.71. The molecule has 1 rings (SSSR count). The van der Waals surface area contributed by atoms with Crippen molar-refractivity contribution in [3.8, 4) is 0 Å². The van der Waals surface area contributed by atoms with E-state index in [0.29, 0.717) is 12.5 Å². The number of carboxylic acid groups (broad SMARTS) is 1. The third kappa shape index (κ3) is 3.20. The number of carbonyl (C=O) groups is 2. The van der Waals surface area contributed by atoms with Gasteiger partial charge in [0.05, 0.1) is 0 Å². The molecular formula is C11H20N2O3. The van der Waals surface area contributed by atoms with Crippen LogP contribution in [0.4, 0.5) is 0 Å². The van der Waals surface area contributed by atoms with Gasteiger partial charge in [-0.3, -0.25) is 10.1 Å². The molecule has 0 aliphatic heterocycles. The fourth-order valence-electron chi connectivity index (χ4n) is 2.24. The summed E-state index contributed by atoms with van der Waals surface area (Å²) in [5, 5.41) is 11.4. The zero-order chi connectivity index (χ0) is 12.1. The van der Waals surface area contributed by atoms with E-state index in [0.717, 1.165) is 12.8 Å². The van der Waals surface area contributed by atoms with Crippen LogP contribution in [0.5, 0.6) is 0 Å². The van der Waals surface area contributed by atoms with Gasteiger partial charge in [-0.05, 0) is 25.8 Å². The molecular weight excluding hydrogens is 208 g/mol. The highest BCUT2D eigenvalue weighted by molar-refractivity contribution is 6.01. The summed E-state index contributed by atoms with van der Waals surface area (Å²) in [7, 11) is 3.16. The molecule has 1 saturated carbocycles. The second-order valence-corrected chi connectivity index (χ2v) is 4.43. The highest BCUT2D eigenvalue weighted by atomic mass is 16.4. The molecule has 0 aromatic rings. The molecule has 1 aliphatic carbocycles. The molecule has 0 spiro atoms. The number of nitrogens with zero attached hydrogens (tertiary/aromatic N) is 1. The zero-order valence-electron chi connectivity index (χ0n) is 9.90. The molecule has 16 heavy (non-hydrogen) atoms. The Balaban J connectivity index is 2.48. The van der Waals surface area contributed by atoms with E-state index in [9.17, 15) is 9.59 Å². The number of rotatable bonds is 5. The first-order chi connectivity index (χ1) is 7.56. The number of nitrogens with one attached hydrogen (secondary N) is 1. The molecule has 0 aromatic heterocycles. The van der Waals surface area contributed by atoms with Crippen molar-refractivity contribution >= 4 is 11.9 Å². The van der Waals surface area contributed by atoms with E-state index in [2.05, 4.69) is 5.32 Å². The van der Waals surface area contributed by atoms with Crippen molar-refractivity contribution in [3.63, 3.8) is 0 Å². The molecule has 1 amide bonds. The summed E-state index contributed by atoms with van der Waals surface area (Å²) in [6.45, 7) is 0.671. The van der Waals surface area contributed by atoms with Gasteiger partial charge in [-0.15, -0.1) is 0 Å². The van der Waals surface area contributed by atoms with Crippen molar-refractivity contribution in [2.45, 2.75) is 31.7 Å². The van der Waals surface area contributed by atoms with Crippen LogP contribution in [0.2, 0.25) is 0 Å². The van der Waals surface area contributed by atoms with E-state index in [1.807, 2.05) is 0 Å². The average Bonchev–Trinajstić information content (AvgIpc) is 2.70. The van der Waals surface area contributed by atoms with Crippen molar-refractivity contribution in [1.29, 1.82) is 0 Å². The number of amides is 1. The van der Waals surface area contributed by atoms with Gasteiger partial charge in [0, 0.05) is 13.6 Å². The van der Waals surface area contributed by atoms with E-state index in [1.54, 1.807) is 7.05 Å². The van der Waals surface area contributed by atoms with E-state index in [-0.39, 0.29) is 5.91 Å². The van der Waals surface area contributed by atoms with E-state index >= 15 is 0 Å². The normalized spacial score (nSPS) is 18.4. The Morgan fingerprint density at radius 3 is 2.44 bits per heavy atom. The molecule has 1 unspecified atom stereocenters. The van der Waals surface area contributed by atoms with Crippen LogP contribution in [0.3, 0.4) is 0 Å². The van der Waals surface area contributed by atoms with Crippen LogP contribution < -0.4 is 5.32 Å². The topological polar surface area (TPSA) is 69.6 Å². The van der Waals surface area contributed by atoms with Crippen LogP contribution in [0.15, 0.2) is 0 Å². The SMILES string of the molecule is CNC(C(=O)O)C(=O)N(C)CC1CCCC1. The highest BCUT2D eigenvalue weighted by Crippen LogP contribution is 2.25. The summed E-state index contributed by atoms with van der Waals surface area (Å²) >= 11 is 0. The maximum Gasteiger partial charge on any atom is 0.330 e. The molecule has 92 valence electrons. The quantitative estimate of drug-likeness (QED) is 0.664. The summed E-state index contributed by atoms with van der Waals surface area (Å²) < 4.78 is 0. The van der Waals surface area contributed by atoms with Gasteiger partial charge in [0.2, 0.25) is 0 Å². The Kier molecular flexibility index (Phi) is 4.73. The summed E-state index contributed by atoms with van der Waals surface area (Å²) in [6.07, 6.45) is 4.74. The van der Waals surface area contributed by atoms with Crippen molar-refractivity contribution in [2.24, 2.45) is 5.92 Å². The lowest BCUT2D eigenvalue weighted by Crippen LogP contribution is -2.49. The Hall–Kier alpha value is -1.10. The average molecular weight is 228 g/mol. The van der Waals surface area contributed by atoms with Crippen molar-refractivity contribution in [2.75, 3.05) is 20.6 Å². The standard InChI is InChI=1S/C11H20N2O3/c1-12-9(11(15)16)10(14)13(2)7-8-5-3-4-6-8/h8-9,12H,3-7H2,1-2H3,(H,15,16). The van der Waals surface area contributed by atoms with Crippen LogP contribution in [-0.2, 0) is 9.59 Å². The Morgan fingerprint density at radius 2 is 2.00 bits per heavy atom. The summed E-state index contributed by atoms with van der Waals surface area (Å²) in [5.41, 5.74) is 0. The summed E-state index contributed by atoms with van der Waals surface area (Å²) in [5.74, 6) is -0.937. The number of likely N-dealkylation sites (N-methyl/N-ethyl adjacent to an activating group) is 2. The fraction of sp³-hybridized carbons (Fsp3) is 0.818. The fourth-order valence-corrected chi connectivity index (χ4v) is 2.24. The maximum absolute atomic E-state index is 11.8. The third-order valence-corrected chi connectivity index (χ3v) is 3.17. The minimum Gasteiger partial charge on any atom is -0.480 e. The van der Waals surface area contributed by atoms with Gasteiger partial charge in [-0.1, -0.05) is 12.8 Å². The predicted octanol–water partition coefficient (Wildman–Crippen LogP) is 0.308. The Labute approximate surface area is 95.8 Å². The van der Waals surface area contributed by atoms with Crippen molar-refractivity contribution in [3.05, 3.63) is 0 Å². The largest absolute Gasteiger partial charge is 0.480 e. The number of carbonyl (C=O) groups excluding carboxylic acids is 1. The Bertz CT molecular complexity index is 262. The summed E-state index contributed by atoms with van der Waals surface area (Å²) in [6, 6.07) is -1.12. The van der Waals surface area contributed by atoms with Crippen LogP contribution in [0, 0.1) is 5.92 Å². The van der Waals surface area contributed by atoms with Crippen LogP contribution in [0.25, 0.3) is 0 Å². The molecule has 0 heterocycles. The third-order valence-electron chi connectivity index (χ3n) is 3.17. The second kappa shape index (κ2) is 5.84. The van der Waals surface area contributed by atoms with E-state index < -0.39 is 12.0 Å². The predicted molar refractivity (Wildman–Crippen MR) is 60.1 cm³/mol. The minimum absolute atomic E-state index is 0.359. The van der Waals surface area contributed by atoms with Crippen LogP contribution in [-0.4, -0.2) is 48.6 Å². The molecule has 0 aromatic carbocycles. The van der Waals surface area contributed by atoms with Crippen molar-refractivity contribution in [1.82, 2.24) is 10.2 Å².